The van der Waals surface area contributed by atoms with Gasteiger partial charge in [-0.15, -0.1) is 0 Å². The Balaban J connectivity index is 1.53. The summed E-state index contributed by atoms with van der Waals surface area (Å²) in [6.07, 6.45) is 2.18. The number of nitrogens with zero attached hydrogens (tertiary/aromatic N) is 1. The fourth-order valence-corrected chi connectivity index (χ4v) is 3.88. The zero-order chi connectivity index (χ0) is 17.8. The average Bonchev–Trinajstić information content (AvgIpc) is 3.20. The zero-order valence-electron chi connectivity index (χ0n) is 13.3. The number of nitrogens with one attached hydrogen (secondary N) is 2. The SMILES string of the molecule is O=C(C[C@@H]1SC(=NC[C@H]2CCCO2)NC1=O)Nc1cccc(Cl)c1Cl. The molecule has 0 unspecified atom stereocenters. The first-order valence-corrected chi connectivity index (χ1v) is 9.54. The topological polar surface area (TPSA) is 79.8 Å². The lowest BCUT2D eigenvalue weighted by Crippen LogP contribution is -2.28. The Morgan fingerprint density at radius 3 is 3.04 bits per heavy atom. The molecule has 134 valence electrons. The van der Waals surface area contributed by atoms with Crippen LogP contribution < -0.4 is 10.6 Å². The third kappa shape index (κ3) is 4.88. The van der Waals surface area contributed by atoms with Gasteiger partial charge in [0.05, 0.1) is 28.4 Å². The molecule has 2 saturated heterocycles. The van der Waals surface area contributed by atoms with Gasteiger partial charge in [-0.1, -0.05) is 41.0 Å². The maximum absolute atomic E-state index is 12.2. The first-order chi connectivity index (χ1) is 12.0. The summed E-state index contributed by atoms with van der Waals surface area (Å²) in [6, 6.07) is 4.98. The predicted octanol–water partition coefficient (Wildman–Crippen LogP) is 3.09. The van der Waals surface area contributed by atoms with E-state index in [-0.39, 0.29) is 29.4 Å². The molecule has 0 radical (unpaired) electrons. The Morgan fingerprint density at radius 1 is 1.44 bits per heavy atom. The van der Waals surface area contributed by atoms with Gasteiger partial charge < -0.3 is 15.4 Å². The van der Waals surface area contributed by atoms with E-state index in [1.807, 2.05) is 0 Å². The summed E-state index contributed by atoms with van der Waals surface area (Å²) in [4.78, 5) is 28.6. The van der Waals surface area contributed by atoms with Crippen molar-refractivity contribution in [3.05, 3.63) is 28.2 Å². The van der Waals surface area contributed by atoms with Gasteiger partial charge in [-0.25, -0.2) is 0 Å². The van der Waals surface area contributed by atoms with Gasteiger partial charge >= 0.3 is 0 Å². The van der Waals surface area contributed by atoms with Gasteiger partial charge in [0.2, 0.25) is 11.8 Å². The van der Waals surface area contributed by atoms with E-state index >= 15 is 0 Å². The van der Waals surface area contributed by atoms with E-state index in [4.69, 9.17) is 27.9 Å². The van der Waals surface area contributed by atoms with Crippen LogP contribution in [0.3, 0.4) is 0 Å². The van der Waals surface area contributed by atoms with Crippen LogP contribution in [-0.4, -0.2) is 41.5 Å². The number of benzene rings is 1. The molecular weight excluding hydrogens is 385 g/mol. The van der Waals surface area contributed by atoms with Crippen LogP contribution in [0.4, 0.5) is 5.69 Å². The van der Waals surface area contributed by atoms with Crippen molar-refractivity contribution in [2.75, 3.05) is 18.5 Å². The highest BCUT2D eigenvalue weighted by Crippen LogP contribution is 2.30. The highest BCUT2D eigenvalue weighted by atomic mass is 35.5. The second-order valence-electron chi connectivity index (χ2n) is 5.73. The van der Waals surface area contributed by atoms with Crippen LogP contribution in [0.1, 0.15) is 19.3 Å². The smallest absolute Gasteiger partial charge is 0.240 e. The fourth-order valence-electron chi connectivity index (χ4n) is 2.56. The van der Waals surface area contributed by atoms with E-state index < -0.39 is 5.25 Å². The van der Waals surface area contributed by atoms with Crippen molar-refractivity contribution in [3.8, 4) is 0 Å². The molecule has 0 aliphatic carbocycles. The summed E-state index contributed by atoms with van der Waals surface area (Å²) in [7, 11) is 0. The number of amidine groups is 1. The molecule has 6 nitrogen and oxygen atoms in total. The molecule has 2 aliphatic heterocycles. The molecule has 2 atom stereocenters. The van der Waals surface area contributed by atoms with Gasteiger partial charge in [-0.05, 0) is 25.0 Å². The number of rotatable bonds is 5. The van der Waals surface area contributed by atoms with Crippen LogP contribution in [0, 0.1) is 0 Å². The number of halogens is 2. The highest BCUT2D eigenvalue weighted by Gasteiger charge is 2.32. The van der Waals surface area contributed by atoms with Gasteiger partial charge in [0.1, 0.15) is 5.25 Å². The minimum atomic E-state index is -0.513. The molecule has 0 bridgehead atoms. The van der Waals surface area contributed by atoms with Gasteiger partial charge in [0, 0.05) is 13.0 Å². The fraction of sp³-hybridized carbons (Fsp3) is 0.438. The Bertz CT molecular complexity index is 708. The lowest BCUT2D eigenvalue weighted by Gasteiger charge is -2.09. The Hall–Kier alpha value is -1.28. The molecule has 1 aromatic rings. The molecule has 2 heterocycles. The maximum Gasteiger partial charge on any atom is 0.240 e. The molecule has 2 amide bonds. The summed E-state index contributed by atoms with van der Waals surface area (Å²) in [5, 5.41) is 6.05. The van der Waals surface area contributed by atoms with Crippen molar-refractivity contribution < 1.29 is 14.3 Å². The number of amides is 2. The average molecular weight is 402 g/mol. The summed E-state index contributed by atoms with van der Waals surface area (Å²) < 4.78 is 5.50. The van der Waals surface area contributed by atoms with Gasteiger partial charge in [0.25, 0.3) is 0 Å². The number of hydrogen-bond donors (Lipinski definition) is 2. The molecular formula is C16H17Cl2N3O3S. The Morgan fingerprint density at radius 2 is 2.28 bits per heavy atom. The number of aliphatic imine (C=N–C) groups is 1. The first kappa shape index (κ1) is 18.5. The number of carbonyl (C=O) groups excluding carboxylic acids is 2. The lowest BCUT2D eigenvalue weighted by molar-refractivity contribution is -0.122. The molecule has 9 heteroatoms. The number of carbonyl (C=O) groups is 2. The van der Waals surface area contributed by atoms with E-state index in [0.29, 0.717) is 22.4 Å². The zero-order valence-corrected chi connectivity index (χ0v) is 15.6. The van der Waals surface area contributed by atoms with Crippen molar-refractivity contribution in [1.29, 1.82) is 0 Å². The van der Waals surface area contributed by atoms with Crippen LogP contribution in [0.5, 0.6) is 0 Å². The van der Waals surface area contributed by atoms with Crippen molar-refractivity contribution in [1.82, 2.24) is 5.32 Å². The van der Waals surface area contributed by atoms with E-state index in [9.17, 15) is 9.59 Å². The van der Waals surface area contributed by atoms with Crippen molar-refractivity contribution in [3.63, 3.8) is 0 Å². The summed E-state index contributed by atoms with van der Waals surface area (Å²) in [5.74, 6) is -0.527. The molecule has 0 saturated carbocycles. The molecule has 3 rings (SSSR count). The molecule has 25 heavy (non-hydrogen) atoms. The summed E-state index contributed by atoms with van der Waals surface area (Å²) in [6.45, 7) is 1.30. The largest absolute Gasteiger partial charge is 0.376 e. The number of thioether (sulfide) groups is 1. The van der Waals surface area contributed by atoms with Gasteiger partial charge in [-0.3, -0.25) is 14.6 Å². The van der Waals surface area contributed by atoms with E-state index in [2.05, 4.69) is 15.6 Å². The Kier molecular flexibility index (Phi) is 6.22. The van der Waals surface area contributed by atoms with E-state index in [0.717, 1.165) is 19.4 Å². The van der Waals surface area contributed by atoms with Crippen molar-refractivity contribution in [2.24, 2.45) is 4.99 Å². The van der Waals surface area contributed by atoms with Gasteiger partial charge in [-0.2, -0.15) is 0 Å². The molecule has 2 N–H and O–H groups in total. The third-order valence-corrected chi connectivity index (χ3v) is 5.77. The molecule has 2 fully saturated rings. The van der Waals surface area contributed by atoms with Crippen LogP contribution >= 0.6 is 35.0 Å². The molecule has 0 spiro atoms. The molecule has 2 aliphatic rings. The molecule has 0 aromatic heterocycles. The minimum Gasteiger partial charge on any atom is -0.376 e. The number of ether oxygens (including phenoxy) is 1. The third-order valence-electron chi connectivity index (χ3n) is 3.84. The number of anilines is 1. The number of hydrogen-bond acceptors (Lipinski definition) is 5. The van der Waals surface area contributed by atoms with E-state index in [1.165, 1.54) is 11.8 Å². The lowest BCUT2D eigenvalue weighted by atomic mass is 10.2. The standard InChI is InChI=1S/C16H17Cl2N3O3S/c17-10-4-1-5-11(14(10)18)20-13(22)7-12-15(23)21-16(25-12)19-8-9-3-2-6-24-9/h1,4-5,9,12H,2-3,6-8H2,(H,20,22)(H,19,21,23)/t9-,12+/m1/s1. The van der Waals surface area contributed by atoms with Crippen LogP contribution in [0.15, 0.2) is 23.2 Å². The minimum absolute atomic E-state index is 0.0261. The summed E-state index contributed by atoms with van der Waals surface area (Å²) >= 11 is 13.2. The van der Waals surface area contributed by atoms with Crippen LogP contribution in [0.2, 0.25) is 10.0 Å². The second kappa shape index (κ2) is 8.40. The maximum atomic E-state index is 12.2. The van der Waals surface area contributed by atoms with Gasteiger partial charge in [0.15, 0.2) is 5.17 Å². The normalized spacial score (nSPS) is 24.6. The highest BCUT2D eigenvalue weighted by molar-refractivity contribution is 8.15. The van der Waals surface area contributed by atoms with Crippen molar-refractivity contribution >= 4 is 57.6 Å². The van der Waals surface area contributed by atoms with Crippen molar-refractivity contribution in [2.45, 2.75) is 30.6 Å². The first-order valence-electron chi connectivity index (χ1n) is 7.90. The van der Waals surface area contributed by atoms with Crippen LogP contribution in [-0.2, 0) is 14.3 Å². The Labute approximate surface area is 159 Å². The quantitative estimate of drug-likeness (QED) is 0.794. The monoisotopic (exact) mass is 401 g/mol. The van der Waals surface area contributed by atoms with E-state index in [1.54, 1.807) is 18.2 Å². The van der Waals surface area contributed by atoms with Crippen LogP contribution in [0.25, 0.3) is 0 Å². The predicted molar refractivity (Wildman–Crippen MR) is 101 cm³/mol. The summed E-state index contributed by atoms with van der Waals surface area (Å²) in [5.41, 5.74) is 0.426. The second-order valence-corrected chi connectivity index (χ2v) is 7.71. The molecule has 1 aromatic carbocycles.